The van der Waals surface area contributed by atoms with Gasteiger partial charge in [0.2, 0.25) is 5.91 Å². The number of alkyl halides is 3. The number of carbonyl (C=O) groups excluding carboxylic acids is 1. The van der Waals surface area contributed by atoms with E-state index in [0.29, 0.717) is 43.4 Å². The summed E-state index contributed by atoms with van der Waals surface area (Å²) in [5.74, 6) is 0.852. The van der Waals surface area contributed by atoms with Gasteiger partial charge in [0.25, 0.3) is 0 Å². The number of hydrogen-bond acceptors (Lipinski definition) is 5. The fourth-order valence-electron chi connectivity index (χ4n) is 5.18. The number of halogens is 3. The second-order valence-electron chi connectivity index (χ2n) is 9.93. The third kappa shape index (κ3) is 5.71. The Kier molecular flexibility index (Phi) is 7.60. The average Bonchev–Trinajstić information content (AvgIpc) is 3.37. The summed E-state index contributed by atoms with van der Waals surface area (Å²) in [7, 11) is 3.17. The van der Waals surface area contributed by atoms with Gasteiger partial charge in [-0.05, 0) is 60.5 Å². The number of nitrogens with zero attached hydrogens (tertiary/aromatic N) is 4. The van der Waals surface area contributed by atoms with Crippen LogP contribution in [0.1, 0.15) is 34.7 Å². The van der Waals surface area contributed by atoms with Gasteiger partial charge in [-0.3, -0.25) is 4.79 Å². The second kappa shape index (κ2) is 11.1. The molecule has 0 radical (unpaired) electrons. The molecule has 1 saturated heterocycles. The van der Waals surface area contributed by atoms with Crippen molar-refractivity contribution in [2.45, 2.75) is 25.4 Å². The third-order valence-corrected chi connectivity index (χ3v) is 7.38. The van der Waals surface area contributed by atoms with Gasteiger partial charge in [-0.15, -0.1) is 0 Å². The maximum Gasteiger partial charge on any atom is 0.416 e. The topological polar surface area (TPSA) is 59.3 Å². The molecule has 1 aliphatic heterocycles. The first-order valence-corrected chi connectivity index (χ1v) is 13.0. The molecule has 1 aliphatic rings. The Morgan fingerprint density at radius 1 is 0.975 bits per heavy atom. The van der Waals surface area contributed by atoms with Gasteiger partial charge < -0.3 is 23.7 Å². The smallest absolute Gasteiger partial charge is 0.416 e. The molecule has 210 valence electrons. The lowest BCUT2D eigenvalue weighted by atomic mass is 9.91. The maximum atomic E-state index is 13.7. The molecule has 4 aromatic rings. The summed E-state index contributed by atoms with van der Waals surface area (Å²) in [6, 6.07) is 14.9. The molecule has 0 aliphatic carbocycles. The molecule has 0 spiro atoms. The molecule has 5 rings (SSSR count). The number of fused-ring (bicyclic) bond motifs is 1. The number of carbonyl (C=O) groups is 1. The molecule has 1 unspecified atom stereocenters. The fraction of sp³-hybridized carbons (Fsp3) is 0.333. The minimum Gasteiger partial charge on any atom is -0.497 e. The molecule has 3 heterocycles. The molecule has 1 amide bonds. The zero-order chi connectivity index (χ0) is 28.4. The molecule has 2 aromatic heterocycles. The van der Waals surface area contributed by atoms with Crippen molar-refractivity contribution in [1.82, 2.24) is 14.3 Å². The Bertz CT molecular complexity index is 1490. The number of amides is 1. The summed E-state index contributed by atoms with van der Waals surface area (Å²) in [4.78, 5) is 21.9. The van der Waals surface area contributed by atoms with E-state index in [1.165, 1.54) is 6.07 Å². The number of methoxy groups -OCH3 is 2. The molecule has 0 saturated carbocycles. The van der Waals surface area contributed by atoms with Crippen molar-refractivity contribution >= 4 is 17.2 Å². The molecule has 2 aromatic carbocycles. The van der Waals surface area contributed by atoms with Gasteiger partial charge in [-0.2, -0.15) is 13.2 Å². The van der Waals surface area contributed by atoms with E-state index in [4.69, 9.17) is 9.47 Å². The number of aromatic nitrogens is 2. The van der Waals surface area contributed by atoms with E-state index in [2.05, 4.69) is 4.98 Å². The summed E-state index contributed by atoms with van der Waals surface area (Å²) < 4.78 is 52.6. The monoisotopic (exact) mass is 552 g/mol. The first-order chi connectivity index (χ1) is 19.2. The van der Waals surface area contributed by atoms with Crippen LogP contribution in [-0.2, 0) is 11.0 Å². The Hall–Kier alpha value is -4.21. The zero-order valence-corrected chi connectivity index (χ0v) is 22.6. The van der Waals surface area contributed by atoms with Crippen molar-refractivity contribution in [3.8, 4) is 11.5 Å². The van der Waals surface area contributed by atoms with Crippen LogP contribution in [0.25, 0.3) is 5.65 Å². The highest BCUT2D eigenvalue weighted by Crippen LogP contribution is 2.35. The first-order valence-electron chi connectivity index (χ1n) is 13.0. The molecular formula is C30H31F3N4O3. The Balaban J connectivity index is 1.39. The fourth-order valence-corrected chi connectivity index (χ4v) is 5.18. The lowest BCUT2D eigenvalue weighted by Crippen LogP contribution is -2.49. The van der Waals surface area contributed by atoms with E-state index in [9.17, 15) is 18.0 Å². The van der Waals surface area contributed by atoms with Gasteiger partial charge >= 0.3 is 6.18 Å². The standard InChI is InChI=1S/C30H31F3N4O3/c1-20-7-8-37-27(19-34-28(37)13-20)26(21-14-24(39-2)17-25(15-21)40-3)18-29(38)36-11-9-35(10-12-36)23-6-4-5-22(16-23)30(31,32)33/h4-8,13-17,19,26H,9-12,18H2,1-3H3. The molecule has 40 heavy (non-hydrogen) atoms. The highest BCUT2D eigenvalue weighted by Gasteiger charge is 2.32. The van der Waals surface area contributed by atoms with E-state index < -0.39 is 11.7 Å². The van der Waals surface area contributed by atoms with Gasteiger partial charge in [0.1, 0.15) is 17.1 Å². The van der Waals surface area contributed by atoms with E-state index in [1.54, 1.807) is 37.4 Å². The quantitative estimate of drug-likeness (QED) is 0.301. The maximum absolute atomic E-state index is 13.7. The Morgan fingerprint density at radius 3 is 2.33 bits per heavy atom. The molecule has 0 N–H and O–H groups in total. The average molecular weight is 553 g/mol. The normalized spacial score (nSPS) is 14.8. The van der Waals surface area contributed by atoms with Crippen molar-refractivity contribution < 1.29 is 27.4 Å². The van der Waals surface area contributed by atoms with Crippen LogP contribution in [0, 0.1) is 6.92 Å². The highest BCUT2D eigenvalue weighted by molar-refractivity contribution is 5.78. The van der Waals surface area contributed by atoms with E-state index >= 15 is 0 Å². The summed E-state index contributed by atoms with van der Waals surface area (Å²) in [5.41, 5.74) is 3.42. The predicted octanol–water partition coefficient (Wildman–Crippen LogP) is 5.55. The summed E-state index contributed by atoms with van der Waals surface area (Å²) in [6.07, 6.45) is -0.469. The van der Waals surface area contributed by atoms with Crippen LogP contribution >= 0.6 is 0 Å². The molecule has 0 bridgehead atoms. The van der Waals surface area contributed by atoms with Gasteiger partial charge in [0, 0.05) is 62.7 Å². The lowest BCUT2D eigenvalue weighted by molar-refractivity contribution is -0.137. The van der Waals surface area contributed by atoms with Crippen LogP contribution in [0.5, 0.6) is 11.5 Å². The van der Waals surface area contributed by atoms with Crippen LogP contribution in [0.15, 0.2) is 67.0 Å². The van der Waals surface area contributed by atoms with Crippen molar-refractivity contribution in [3.63, 3.8) is 0 Å². The van der Waals surface area contributed by atoms with Crippen molar-refractivity contribution in [3.05, 3.63) is 89.4 Å². The van der Waals surface area contributed by atoms with Crippen LogP contribution in [0.2, 0.25) is 0 Å². The largest absolute Gasteiger partial charge is 0.497 e. The number of aryl methyl sites for hydroxylation is 1. The van der Waals surface area contributed by atoms with Crippen molar-refractivity contribution in [1.29, 1.82) is 0 Å². The first kappa shape index (κ1) is 27.4. The van der Waals surface area contributed by atoms with Crippen molar-refractivity contribution in [2.24, 2.45) is 0 Å². The molecule has 10 heteroatoms. The number of benzene rings is 2. The van der Waals surface area contributed by atoms with Gasteiger partial charge in [0.05, 0.1) is 25.5 Å². The summed E-state index contributed by atoms with van der Waals surface area (Å²) in [5, 5.41) is 0. The molecule has 7 nitrogen and oxygen atoms in total. The number of piperazine rings is 1. The number of hydrogen-bond donors (Lipinski definition) is 0. The van der Waals surface area contributed by atoms with Crippen molar-refractivity contribution in [2.75, 3.05) is 45.3 Å². The number of imidazole rings is 1. The van der Waals surface area contributed by atoms with Gasteiger partial charge in [-0.25, -0.2) is 4.98 Å². The SMILES string of the molecule is COc1cc(OC)cc(C(CC(=O)N2CCN(c3cccc(C(F)(F)F)c3)CC2)c2cnc3cc(C)ccn23)c1. The molecule has 1 atom stereocenters. The number of pyridine rings is 1. The lowest BCUT2D eigenvalue weighted by Gasteiger charge is -2.37. The van der Waals surface area contributed by atoms with Crippen LogP contribution in [0.3, 0.4) is 0 Å². The third-order valence-electron chi connectivity index (χ3n) is 7.38. The molecule has 1 fully saturated rings. The van der Waals surface area contributed by atoms with E-state index in [-0.39, 0.29) is 18.2 Å². The second-order valence-corrected chi connectivity index (χ2v) is 9.93. The highest BCUT2D eigenvalue weighted by atomic mass is 19.4. The number of rotatable bonds is 7. The number of ether oxygens (including phenoxy) is 2. The van der Waals surface area contributed by atoms with E-state index in [0.717, 1.165) is 34.6 Å². The zero-order valence-electron chi connectivity index (χ0n) is 22.6. The van der Waals surface area contributed by atoms with Gasteiger partial charge in [0.15, 0.2) is 0 Å². The Labute approximate surface area is 230 Å². The van der Waals surface area contributed by atoms with Crippen LogP contribution in [-0.4, -0.2) is 60.6 Å². The molecular weight excluding hydrogens is 521 g/mol. The minimum absolute atomic E-state index is 0.0439. The van der Waals surface area contributed by atoms with Crippen LogP contribution in [0.4, 0.5) is 18.9 Å². The number of anilines is 1. The van der Waals surface area contributed by atoms with Crippen LogP contribution < -0.4 is 14.4 Å². The predicted molar refractivity (Wildman–Crippen MR) is 146 cm³/mol. The van der Waals surface area contributed by atoms with Gasteiger partial charge in [-0.1, -0.05) is 6.07 Å². The minimum atomic E-state index is -4.40. The summed E-state index contributed by atoms with van der Waals surface area (Å²) in [6.45, 7) is 3.71. The summed E-state index contributed by atoms with van der Waals surface area (Å²) >= 11 is 0. The van der Waals surface area contributed by atoms with E-state index in [1.807, 2.05) is 46.7 Å². The Morgan fingerprint density at radius 2 is 1.68 bits per heavy atom.